The van der Waals surface area contributed by atoms with Gasteiger partial charge in [-0.15, -0.1) is 0 Å². The molecular weight excluding hydrogens is 224 g/mol. The Hall–Kier alpha value is -0.730. The van der Waals surface area contributed by atoms with Gasteiger partial charge in [-0.1, -0.05) is 6.92 Å². The lowest BCUT2D eigenvalue weighted by atomic mass is 9.97. The second kappa shape index (κ2) is 8.37. The van der Waals surface area contributed by atoms with Crippen molar-refractivity contribution in [1.29, 1.82) is 5.26 Å². The highest BCUT2D eigenvalue weighted by molar-refractivity contribution is 5.03. The van der Waals surface area contributed by atoms with Crippen molar-refractivity contribution in [3.63, 3.8) is 0 Å². The molecule has 0 radical (unpaired) electrons. The van der Waals surface area contributed by atoms with E-state index in [1.165, 1.54) is 0 Å². The molecule has 0 aliphatic heterocycles. The number of halogens is 2. The first kappa shape index (κ1) is 16.3. The number of nitrogens with zero attached hydrogens (tertiary/aromatic N) is 2. The van der Waals surface area contributed by atoms with Gasteiger partial charge >= 0.3 is 0 Å². The van der Waals surface area contributed by atoms with Crippen LogP contribution in [0, 0.1) is 11.3 Å². The van der Waals surface area contributed by atoms with Crippen LogP contribution in [0.15, 0.2) is 0 Å². The average Bonchev–Trinajstić information content (AvgIpc) is 2.25. The number of alkyl halides is 2. The standard InChI is InChI=1S/C12H23F2N3/c1-4-7-16-12(2,10-15)6-5-8-17(3)9-11(13)14/h11,16H,4-9H2,1-3H3. The van der Waals surface area contributed by atoms with E-state index in [4.69, 9.17) is 5.26 Å². The maximum absolute atomic E-state index is 12.1. The minimum atomic E-state index is -2.29. The van der Waals surface area contributed by atoms with Crippen molar-refractivity contribution in [3.8, 4) is 6.07 Å². The summed E-state index contributed by atoms with van der Waals surface area (Å²) in [6.45, 7) is 5.09. The zero-order chi connectivity index (χ0) is 13.3. The van der Waals surface area contributed by atoms with E-state index in [0.29, 0.717) is 13.0 Å². The normalized spacial score (nSPS) is 14.9. The number of nitriles is 1. The van der Waals surface area contributed by atoms with E-state index in [0.717, 1.165) is 19.4 Å². The van der Waals surface area contributed by atoms with E-state index < -0.39 is 12.0 Å². The Morgan fingerprint density at radius 1 is 1.47 bits per heavy atom. The lowest BCUT2D eigenvalue weighted by molar-refractivity contribution is 0.0989. The van der Waals surface area contributed by atoms with Gasteiger partial charge in [0.25, 0.3) is 6.43 Å². The van der Waals surface area contributed by atoms with Crippen LogP contribution in [0.1, 0.15) is 33.1 Å². The molecule has 17 heavy (non-hydrogen) atoms. The minimum Gasteiger partial charge on any atom is -0.301 e. The molecule has 0 aliphatic carbocycles. The molecule has 0 rings (SSSR count). The second-order valence-corrected chi connectivity index (χ2v) is 4.63. The van der Waals surface area contributed by atoms with Gasteiger partial charge in [-0.2, -0.15) is 5.26 Å². The van der Waals surface area contributed by atoms with E-state index in [2.05, 4.69) is 11.4 Å². The molecule has 0 aromatic heterocycles. The van der Waals surface area contributed by atoms with Crippen molar-refractivity contribution < 1.29 is 8.78 Å². The number of hydrogen-bond donors (Lipinski definition) is 1. The van der Waals surface area contributed by atoms with Gasteiger partial charge in [-0.05, 0) is 46.3 Å². The maximum atomic E-state index is 12.1. The van der Waals surface area contributed by atoms with Crippen molar-refractivity contribution in [2.24, 2.45) is 0 Å². The van der Waals surface area contributed by atoms with Gasteiger partial charge in [0.05, 0.1) is 12.6 Å². The Morgan fingerprint density at radius 3 is 2.59 bits per heavy atom. The zero-order valence-electron chi connectivity index (χ0n) is 11.0. The van der Waals surface area contributed by atoms with Gasteiger partial charge in [-0.25, -0.2) is 8.78 Å². The molecule has 0 saturated heterocycles. The summed E-state index contributed by atoms with van der Waals surface area (Å²) >= 11 is 0. The number of nitrogens with one attached hydrogen (secondary N) is 1. The number of hydrogen-bond acceptors (Lipinski definition) is 3. The fourth-order valence-corrected chi connectivity index (χ4v) is 1.61. The molecule has 0 fully saturated rings. The molecule has 100 valence electrons. The van der Waals surface area contributed by atoms with Crippen molar-refractivity contribution in [3.05, 3.63) is 0 Å². The smallest absolute Gasteiger partial charge is 0.251 e. The summed E-state index contributed by atoms with van der Waals surface area (Å²) in [6, 6.07) is 2.25. The molecule has 0 aliphatic rings. The molecule has 0 spiro atoms. The van der Waals surface area contributed by atoms with Crippen LogP contribution in [0.2, 0.25) is 0 Å². The first-order valence-corrected chi connectivity index (χ1v) is 6.06. The van der Waals surface area contributed by atoms with Crippen molar-refractivity contribution in [1.82, 2.24) is 10.2 Å². The van der Waals surface area contributed by atoms with E-state index in [1.54, 1.807) is 11.9 Å². The molecule has 1 unspecified atom stereocenters. The largest absolute Gasteiger partial charge is 0.301 e. The summed E-state index contributed by atoms with van der Waals surface area (Å²) in [5, 5.41) is 12.3. The fraction of sp³-hybridized carbons (Fsp3) is 0.917. The first-order chi connectivity index (χ1) is 7.93. The van der Waals surface area contributed by atoms with Gasteiger partial charge < -0.3 is 4.90 Å². The Balaban J connectivity index is 3.87. The van der Waals surface area contributed by atoms with Crippen molar-refractivity contribution >= 4 is 0 Å². The van der Waals surface area contributed by atoms with Gasteiger partial charge in [0.15, 0.2) is 0 Å². The molecule has 1 atom stereocenters. The summed E-state index contributed by atoms with van der Waals surface area (Å²) in [5.41, 5.74) is -0.540. The lowest BCUT2D eigenvalue weighted by Gasteiger charge is -2.24. The van der Waals surface area contributed by atoms with Crippen LogP contribution in [0.5, 0.6) is 0 Å². The summed E-state index contributed by atoms with van der Waals surface area (Å²) in [5.74, 6) is 0. The molecule has 0 bridgehead atoms. The summed E-state index contributed by atoms with van der Waals surface area (Å²) in [6.07, 6.45) is 0.101. The van der Waals surface area contributed by atoms with E-state index in [9.17, 15) is 8.78 Å². The van der Waals surface area contributed by atoms with Crippen molar-refractivity contribution in [2.75, 3.05) is 26.7 Å². The van der Waals surface area contributed by atoms with Gasteiger partial charge in [0.1, 0.15) is 5.54 Å². The van der Waals surface area contributed by atoms with E-state index in [1.807, 2.05) is 13.8 Å². The molecule has 0 amide bonds. The topological polar surface area (TPSA) is 39.1 Å². The molecule has 0 saturated carbocycles. The molecule has 3 nitrogen and oxygen atoms in total. The van der Waals surface area contributed by atoms with Gasteiger partial charge in [0, 0.05) is 0 Å². The van der Waals surface area contributed by atoms with Crippen LogP contribution in [-0.4, -0.2) is 43.5 Å². The summed E-state index contributed by atoms with van der Waals surface area (Å²) < 4.78 is 24.1. The predicted molar refractivity (Wildman–Crippen MR) is 65.0 cm³/mol. The fourth-order valence-electron chi connectivity index (χ4n) is 1.61. The predicted octanol–water partition coefficient (Wildman–Crippen LogP) is 2.25. The summed E-state index contributed by atoms with van der Waals surface area (Å²) in [4.78, 5) is 1.60. The molecular formula is C12H23F2N3. The Bertz CT molecular complexity index is 240. The highest BCUT2D eigenvalue weighted by atomic mass is 19.3. The third-order valence-electron chi connectivity index (χ3n) is 2.68. The maximum Gasteiger partial charge on any atom is 0.251 e. The first-order valence-electron chi connectivity index (χ1n) is 6.06. The monoisotopic (exact) mass is 247 g/mol. The van der Waals surface area contributed by atoms with Crippen LogP contribution in [-0.2, 0) is 0 Å². The van der Waals surface area contributed by atoms with Crippen LogP contribution in [0.3, 0.4) is 0 Å². The van der Waals surface area contributed by atoms with Crippen molar-refractivity contribution in [2.45, 2.75) is 45.1 Å². The SMILES string of the molecule is CCCNC(C)(C#N)CCCN(C)CC(F)F. The molecule has 5 heteroatoms. The van der Waals surface area contributed by atoms with Crippen LogP contribution >= 0.6 is 0 Å². The van der Waals surface area contributed by atoms with Gasteiger partial charge in [-0.3, -0.25) is 5.32 Å². The Labute approximate surface area is 103 Å². The highest BCUT2D eigenvalue weighted by Gasteiger charge is 2.22. The molecule has 0 heterocycles. The molecule has 0 aromatic rings. The zero-order valence-corrected chi connectivity index (χ0v) is 11.0. The average molecular weight is 247 g/mol. The lowest BCUT2D eigenvalue weighted by Crippen LogP contribution is -2.42. The molecule has 0 aromatic carbocycles. The third-order valence-corrected chi connectivity index (χ3v) is 2.68. The Kier molecular flexibility index (Phi) is 8.01. The van der Waals surface area contributed by atoms with Crippen LogP contribution in [0.25, 0.3) is 0 Å². The number of rotatable bonds is 9. The highest BCUT2D eigenvalue weighted by Crippen LogP contribution is 2.11. The third kappa shape index (κ3) is 8.06. The van der Waals surface area contributed by atoms with Gasteiger partial charge in [0.2, 0.25) is 0 Å². The quantitative estimate of drug-likeness (QED) is 0.679. The van der Waals surface area contributed by atoms with E-state index >= 15 is 0 Å². The van der Waals surface area contributed by atoms with E-state index in [-0.39, 0.29) is 6.54 Å². The molecule has 1 N–H and O–H groups in total. The minimum absolute atomic E-state index is 0.203. The Morgan fingerprint density at radius 2 is 2.12 bits per heavy atom. The van der Waals surface area contributed by atoms with Crippen LogP contribution < -0.4 is 5.32 Å². The second-order valence-electron chi connectivity index (χ2n) is 4.63. The summed E-state index contributed by atoms with van der Waals surface area (Å²) in [7, 11) is 1.68. The van der Waals surface area contributed by atoms with Crippen LogP contribution in [0.4, 0.5) is 8.78 Å².